The van der Waals surface area contributed by atoms with Crippen molar-refractivity contribution < 1.29 is 8.83 Å². The van der Waals surface area contributed by atoms with E-state index in [2.05, 4.69) is 215 Å². The Morgan fingerprint density at radius 2 is 0.797 bits per heavy atom. The molecule has 0 aliphatic rings. The van der Waals surface area contributed by atoms with Gasteiger partial charge in [-0.1, -0.05) is 102 Å². The number of rotatable bonds is 2. The van der Waals surface area contributed by atoms with Gasteiger partial charge in [0.2, 0.25) is 0 Å². The summed E-state index contributed by atoms with van der Waals surface area (Å²) in [6.07, 6.45) is 0. The van der Waals surface area contributed by atoms with Crippen LogP contribution in [0.3, 0.4) is 0 Å². The number of benzene rings is 11. The second-order valence-electron chi connectivity index (χ2n) is 21.6. The number of hydrogen-bond donors (Lipinski definition) is 0. The van der Waals surface area contributed by atoms with E-state index in [1.54, 1.807) is 0 Å². The highest BCUT2D eigenvalue weighted by molar-refractivity contribution is 6.28. The Labute approximate surface area is 448 Å². The lowest BCUT2D eigenvalue weighted by atomic mass is 10.0. The molecule has 79 heavy (non-hydrogen) atoms. The summed E-state index contributed by atoms with van der Waals surface area (Å²) in [6, 6.07) is 72.6. The second kappa shape index (κ2) is 14.8. The fourth-order valence-electron chi connectivity index (χ4n) is 14.1. The maximum Gasteiger partial charge on any atom is 0.137 e. The zero-order valence-electron chi connectivity index (χ0n) is 42.9. The number of aryl methyl sites for hydroxylation is 3. The fourth-order valence-corrected chi connectivity index (χ4v) is 14.1. The van der Waals surface area contributed by atoms with Gasteiger partial charge in [-0.2, -0.15) is 10.5 Å². The molecule has 20 aromatic rings. The maximum atomic E-state index is 12.8. The normalized spacial score (nSPS) is 12.5. The summed E-state index contributed by atoms with van der Waals surface area (Å²) in [5, 5.41) is 39.7. The molecule has 366 valence electrons. The van der Waals surface area contributed by atoms with Crippen LogP contribution in [0.5, 0.6) is 0 Å². The fraction of sp³-hybridized carbons (Fsp3) is 0.0423. The molecule has 0 saturated heterocycles. The highest BCUT2D eigenvalue weighted by Gasteiger charge is 2.32. The molecule has 0 unspecified atom stereocenters. The van der Waals surface area contributed by atoms with Crippen molar-refractivity contribution in [1.82, 2.24) is 17.9 Å². The molecule has 0 amide bonds. The molecule has 0 spiro atoms. The molecule has 20 rings (SSSR count). The molecule has 0 fully saturated rings. The Kier molecular flexibility index (Phi) is 7.93. The van der Waals surface area contributed by atoms with Crippen LogP contribution in [0, 0.1) is 43.4 Å². The lowest BCUT2D eigenvalue weighted by Crippen LogP contribution is -2.11. The summed E-state index contributed by atoms with van der Waals surface area (Å²) >= 11 is 0. The van der Waals surface area contributed by atoms with E-state index in [9.17, 15) is 10.5 Å². The predicted molar refractivity (Wildman–Crippen MR) is 323 cm³/mol. The van der Waals surface area contributed by atoms with E-state index in [4.69, 9.17) is 8.83 Å². The standard InChI is InChI=1S/C71H40N6O2/c1-37-16-24-56-48(30-37)49-31-38(2)17-25-57(49)74(56)69-52(35-72)66(76-54-13-7-4-10-42(54)44-22-28-61-64(67(44)76)46-12-6-9-15-60(46)78-61)53(36-73)70-71(69)77-55-14-8-5-11-43(55)45-23-29-62-65(68(45)77)47-21-19-41(34-63(47)79-62)40-20-27-59-51(33-40)50-32-39(3)18-26-58(50)75(59)70/h4-34H,1-3H3. The summed E-state index contributed by atoms with van der Waals surface area (Å²) < 4.78 is 22.9. The second-order valence-corrected chi connectivity index (χ2v) is 21.6. The summed E-state index contributed by atoms with van der Waals surface area (Å²) in [7, 11) is 0. The number of nitriles is 2. The molecule has 8 bridgehead atoms. The molecule has 8 heteroatoms. The molecule has 11 aromatic carbocycles. The molecule has 0 aliphatic carbocycles. The minimum Gasteiger partial charge on any atom is -0.456 e. The third-order valence-corrected chi connectivity index (χ3v) is 17.3. The van der Waals surface area contributed by atoms with Gasteiger partial charge in [0.1, 0.15) is 45.6 Å². The third kappa shape index (κ3) is 5.25. The van der Waals surface area contributed by atoms with Crippen molar-refractivity contribution in [3.63, 3.8) is 0 Å². The molecule has 0 N–H and O–H groups in total. The lowest BCUT2D eigenvalue weighted by Gasteiger charge is -2.22. The van der Waals surface area contributed by atoms with Crippen LogP contribution >= 0.6 is 0 Å². The first-order valence-corrected chi connectivity index (χ1v) is 26.7. The van der Waals surface area contributed by atoms with Crippen molar-refractivity contribution >= 4 is 153 Å². The summed E-state index contributed by atoms with van der Waals surface area (Å²) in [6.45, 7) is 6.41. The number of fused-ring (bicyclic) bond motifs is 14. The first-order valence-electron chi connectivity index (χ1n) is 26.7. The molecule has 8 nitrogen and oxygen atoms in total. The number of nitrogens with zero attached hydrogens (tertiary/aromatic N) is 6. The van der Waals surface area contributed by atoms with E-state index in [0.29, 0.717) is 39.1 Å². The first-order chi connectivity index (χ1) is 38.8. The maximum absolute atomic E-state index is 12.8. The minimum absolute atomic E-state index is 0.336. The Morgan fingerprint density at radius 3 is 1.49 bits per heavy atom. The van der Waals surface area contributed by atoms with Gasteiger partial charge < -0.3 is 26.8 Å². The zero-order valence-corrected chi connectivity index (χ0v) is 42.9. The Bertz CT molecular complexity index is 5930. The number of para-hydroxylation sites is 3. The van der Waals surface area contributed by atoms with E-state index in [1.807, 2.05) is 24.3 Å². The number of aromatic nitrogens is 4. The van der Waals surface area contributed by atoms with Gasteiger partial charge in [-0.3, -0.25) is 0 Å². The van der Waals surface area contributed by atoms with Crippen molar-refractivity contribution in [3.8, 4) is 23.5 Å². The van der Waals surface area contributed by atoms with Crippen LogP contribution in [-0.4, -0.2) is 17.9 Å². The van der Waals surface area contributed by atoms with Crippen molar-refractivity contribution in [2.45, 2.75) is 20.8 Å². The Hall–Kier alpha value is -10.8. The van der Waals surface area contributed by atoms with Crippen LogP contribution < -0.4 is 0 Å². The highest BCUT2D eigenvalue weighted by atomic mass is 16.3. The summed E-state index contributed by atoms with van der Waals surface area (Å²) in [5.41, 5.74) is 16.7. The quantitative estimate of drug-likeness (QED) is 0.172. The molecule has 9 aromatic heterocycles. The van der Waals surface area contributed by atoms with E-state index in [0.717, 1.165) is 153 Å². The summed E-state index contributed by atoms with van der Waals surface area (Å²) in [5.74, 6) is 0. The van der Waals surface area contributed by atoms with Gasteiger partial charge >= 0.3 is 0 Å². The van der Waals surface area contributed by atoms with Gasteiger partial charge in [-0.05, 0) is 135 Å². The van der Waals surface area contributed by atoms with Crippen molar-refractivity contribution in [1.29, 1.82) is 10.5 Å². The number of furan rings is 2. The van der Waals surface area contributed by atoms with Crippen LogP contribution in [0.1, 0.15) is 27.8 Å². The topological polar surface area (TPSA) is 92.5 Å². The highest BCUT2D eigenvalue weighted by Crippen LogP contribution is 2.49. The van der Waals surface area contributed by atoms with E-state index in [1.165, 1.54) is 0 Å². The smallest absolute Gasteiger partial charge is 0.137 e. The molecule has 0 aliphatic heterocycles. The predicted octanol–water partition coefficient (Wildman–Crippen LogP) is 18.6. The summed E-state index contributed by atoms with van der Waals surface area (Å²) in [4.78, 5) is 0. The van der Waals surface area contributed by atoms with Gasteiger partial charge in [0.15, 0.2) is 0 Å². The molecule has 0 atom stereocenters. The molecule has 0 saturated carbocycles. The van der Waals surface area contributed by atoms with Gasteiger partial charge in [0.05, 0.1) is 77.3 Å². The number of hydrogen-bond acceptors (Lipinski definition) is 4. The monoisotopic (exact) mass is 1010 g/mol. The first kappa shape index (κ1) is 42.4. The lowest BCUT2D eigenvalue weighted by molar-refractivity contribution is 0.669. The largest absolute Gasteiger partial charge is 0.456 e. The molecular weight excluding hydrogens is 969 g/mol. The molecule has 0 radical (unpaired) electrons. The van der Waals surface area contributed by atoms with Crippen LogP contribution in [0.2, 0.25) is 0 Å². The van der Waals surface area contributed by atoms with Crippen molar-refractivity contribution in [2.24, 2.45) is 0 Å². The van der Waals surface area contributed by atoms with Gasteiger partial charge in [0.25, 0.3) is 0 Å². The van der Waals surface area contributed by atoms with E-state index >= 15 is 0 Å². The van der Waals surface area contributed by atoms with Gasteiger partial charge in [-0.25, -0.2) is 0 Å². The molecular formula is C71H40N6O2. The minimum atomic E-state index is 0.336. The van der Waals surface area contributed by atoms with Crippen LogP contribution in [0.4, 0.5) is 0 Å². The van der Waals surface area contributed by atoms with Gasteiger partial charge in [-0.15, -0.1) is 0 Å². The average molecular weight is 1010 g/mol. The SMILES string of the molecule is Cc1ccc2c(c1)c1cc(C)ccc1n2-c1c(C#N)c(-n2c3ccccc3c3ccc4oc5ccccc5c4c32)c(C#N)c2c1n1c3ccccc3c3ccc4oc5cc(ccc5c4c31)c1ccc3c(c1)c1cc(C)ccc1n32. The van der Waals surface area contributed by atoms with Crippen molar-refractivity contribution in [3.05, 3.63) is 216 Å². The third-order valence-electron chi connectivity index (χ3n) is 17.3. The zero-order chi connectivity index (χ0) is 52.3. The average Bonchev–Trinajstić information content (AvgIpc) is 3.51. The Balaban J connectivity index is 1.26. The van der Waals surface area contributed by atoms with Crippen LogP contribution in [-0.2, 0) is 0 Å². The van der Waals surface area contributed by atoms with Crippen LogP contribution in [0.15, 0.2) is 197 Å². The van der Waals surface area contributed by atoms with E-state index in [-0.39, 0.29) is 0 Å². The van der Waals surface area contributed by atoms with Gasteiger partial charge in [0, 0.05) is 53.9 Å². The molecule has 9 heterocycles. The van der Waals surface area contributed by atoms with Crippen molar-refractivity contribution in [2.75, 3.05) is 0 Å². The van der Waals surface area contributed by atoms with E-state index < -0.39 is 0 Å². The van der Waals surface area contributed by atoms with Crippen LogP contribution in [0.25, 0.3) is 164 Å². The Morgan fingerprint density at radius 1 is 0.316 bits per heavy atom.